The number of ether oxygens (including phenoxy) is 2. The minimum absolute atomic E-state index is 0.186. The van der Waals surface area contributed by atoms with E-state index in [0.717, 1.165) is 0 Å². The molecule has 0 spiro atoms. The van der Waals surface area contributed by atoms with Gasteiger partial charge in [-0.05, 0) is 40.5 Å². The number of nitrogens with zero attached hydrogens (tertiary/aromatic N) is 1. The number of hydrogen-bond donors (Lipinski definition) is 0. The van der Waals surface area contributed by atoms with E-state index in [1.807, 2.05) is 20.8 Å². The van der Waals surface area contributed by atoms with Gasteiger partial charge in [-0.1, -0.05) is 0 Å². The van der Waals surface area contributed by atoms with Gasteiger partial charge in [0.1, 0.15) is 5.60 Å². The highest BCUT2D eigenvalue weighted by Gasteiger charge is 2.34. The summed E-state index contributed by atoms with van der Waals surface area (Å²) in [5.41, 5.74) is -0.528. The molecule has 0 aromatic rings. The highest BCUT2D eigenvalue weighted by Crippen LogP contribution is 2.22. The summed E-state index contributed by atoms with van der Waals surface area (Å²) in [5.74, 6) is -0.705. The van der Waals surface area contributed by atoms with Crippen LogP contribution in [0.4, 0.5) is 4.79 Å². The smallest absolute Gasteiger partial charge is 0.410 e. The van der Waals surface area contributed by atoms with Crippen LogP contribution in [-0.2, 0) is 19.1 Å². The van der Waals surface area contributed by atoms with Crippen LogP contribution in [-0.4, -0.2) is 54.5 Å². The van der Waals surface area contributed by atoms with E-state index in [-0.39, 0.29) is 23.6 Å². The van der Waals surface area contributed by atoms with Crippen molar-refractivity contribution in [2.24, 2.45) is 5.92 Å². The molecule has 1 saturated heterocycles. The van der Waals surface area contributed by atoms with Crippen LogP contribution in [0.2, 0.25) is 0 Å². The second kappa shape index (κ2) is 7.02. The van der Waals surface area contributed by atoms with Crippen molar-refractivity contribution in [2.75, 3.05) is 20.2 Å². The topological polar surface area (TPSA) is 72.9 Å². The molecule has 6 nitrogen and oxygen atoms in total. The first-order valence-corrected chi connectivity index (χ1v) is 7.20. The maximum Gasteiger partial charge on any atom is 0.410 e. The highest BCUT2D eigenvalue weighted by molar-refractivity contribution is 6.05. The summed E-state index contributed by atoms with van der Waals surface area (Å²) in [6, 6.07) is 0. The number of piperidine rings is 1. The number of methoxy groups -OCH3 is 1. The lowest BCUT2D eigenvalue weighted by Gasteiger charge is -2.33. The standard InChI is InChI=1S/C15H25NO5/c1-10(17)13(20-5)12(18)11-6-8-16(9-7-11)14(19)21-15(2,3)4/h11,13H,6-9H2,1-5H3. The van der Waals surface area contributed by atoms with Gasteiger partial charge in [-0.15, -0.1) is 0 Å². The maximum atomic E-state index is 12.2. The van der Waals surface area contributed by atoms with Crippen molar-refractivity contribution in [1.82, 2.24) is 4.90 Å². The lowest BCUT2D eigenvalue weighted by atomic mass is 9.89. The van der Waals surface area contributed by atoms with Crippen LogP contribution in [0.3, 0.4) is 0 Å². The molecule has 0 saturated carbocycles. The lowest BCUT2D eigenvalue weighted by molar-refractivity contribution is -0.143. The van der Waals surface area contributed by atoms with Crippen molar-refractivity contribution in [3.8, 4) is 0 Å². The number of carbonyl (C=O) groups is 3. The van der Waals surface area contributed by atoms with Crippen LogP contribution in [0.1, 0.15) is 40.5 Å². The minimum Gasteiger partial charge on any atom is -0.444 e. The number of ketones is 2. The predicted octanol–water partition coefficient (Wildman–Crippen LogP) is 1.81. The molecule has 1 fully saturated rings. The average molecular weight is 299 g/mol. The lowest BCUT2D eigenvalue weighted by Crippen LogP contribution is -2.45. The Hall–Kier alpha value is -1.43. The first-order valence-electron chi connectivity index (χ1n) is 7.20. The van der Waals surface area contributed by atoms with E-state index in [9.17, 15) is 14.4 Å². The van der Waals surface area contributed by atoms with E-state index in [0.29, 0.717) is 25.9 Å². The van der Waals surface area contributed by atoms with Gasteiger partial charge in [0.05, 0.1) is 0 Å². The molecule has 1 aliphatic heterocycles. The van der Waals surface area contributed by atoms with E-state index >= 15 is 0 Å². The van der Waals surface area contributed by atoms with Gasteiger partial charge in [-0.2, -0.15) is 0 Å². The number of likely N-dealkylation sites (tertiary alicyclic amines) is 1. The van der Waals surface area contributed by atoms with Gasteiger partial charge in [-0.3, -0.25) is 9.59 Å². The van der Waals surface area contributed by atoms with Crippen LogP contribution < -0.4 is 0 Å². The Morgan fingerprint density at radius 2 is 1.67 bits per heavy atom. The first kappa shape index (κ1) is 17.6. The third kappa shape index (κ3) is 5.12. The van der Waals surface area contributed by atoms with Gasteiger partial charge in [0.15, 0.2) is 17.7 Å². The Morgan fingerprint density at radius 3 is 2.05 bits per heavy atom. The second-order valence-corrected chi connectivity index (χ2v) is 6.37. The summed E-state index contributed by atoms with van der Waals surface area (Å²) in [6.07, 6.45) is -0.275. The molecule has 1 aliphatic rings. The number of carbonyl (C=O) groups excluding carboxylic acids is 3. The molecule has 0 radical (unpaired) electrons. The van der Waals surface area contributed by atoms with Gasteiger partial charge in [-0.25, -0.2) is 4.79 Å². The van der Waals surface area contributed by atoms with Crippen molar-refractivity contribution in [3.05, 3.63) is 0 Å². The molecule has 1 rings (SSSR count). The van der Waals surface area contributed by atoms with Crippen LogP contribution in [0.5, 0.6) is 0 Å². The molecule has 0 aromatic carbocycles. The maximum absolute atomic E-state index is 12.2. The quantitative estimate of drug-likeness (QED) is 0.740. The van der Waals surface area contributed by atoms with Crippen LogP contribution in [0.15, 0.2) is 0 Å². The van der Waals surface area contributed by atoms with Crippen molar-refractivity contribution >= 4 is 17.7 Å². The molecule has 1 amide bonds. The zero-order valence-electron chi connectivity index (χ0n) is 13.5. The van der Waals surface area contributed by atoms with Crippen molar-refractivity contribution in [1.29, 1.82) is 0 Å². The van der Waals surface area contributed by atoms with Gasteiger partial charge in [0.2, 0.25) is 0 Å². The van der Waals surface area contributed by atoms with E-state index in [2.05, 4.69) is 0 Å². The normalized spacial score (nSPS) is 18.2. The number of amides is 1. The largest absolute Gasteiger partial charge is 0.444 e. The summed E-state index contributed by atoms with van der Waals surface area (Å²) in [5, 5.41) is 0. The number of rotatable bonds is 4. The van der Waals surface area contributed by atoms with Crippen molar-refractivity contribution < 1.29 is 23.9 Å². The zero-order chi connectivity index (χ0) is 16.2. The van der Waals surface area contributed by atoms with Crippen molar-refractivity contribution in [2.45, 2.75) is 52.2 Å². The summed E-state index contributed by atoms with van der Waals surface area (Å²) in [6.45, 7) is 7.72. The van der Waals surface area contributed by atoms with Gasteiger partial charge < -0.3 is 14.4 Å². The SMILES string of the molecule is COC(C(C)=O)C(=O)C1CCN(C(=O)OC(C)(C)C)CC1. The molecule has 0 bridgehead atoms. The molecular weight excluding hydrogens is 274 g/mol. The summed E-state index contributed by atoms with van der Waals surface area (Å²) in [4.78, 5) is 37.1. The van der Waals surface area contributed by atoms with Crippen molar-refractivity contribution in [3.63, 3.8) is 0 Å². The zero-order valence-corrected chi connectivity index (χ0v) is 13.5. The van der Waals surface area contributed by atoms with E-state index in [1.165, 1.54) is 14.0 Å². The third-order valence-electron chi connectivity index (χ3n) is 3.41. The molecule has 0 aliphatic carbocycles. The Balaban J connectivity index is 2.54. The summed E-state index contributed by atoms with van der Waals surface area (Å²) < 4.78 is 10.3. The Bertz CT molecular complexity index is 405. The van der Waals surface area contributed by atoms with E-state index < -0.39 is 11.7 Å². The summed E-state index contributed by atoms with van der Waals surface area (Å²) in [7, 11) is 1.36. The Labute approximate surface area is 125 Å². The fourth-order valence-corrected chi connectivity index (χ4v) is 2.37. The molecule has 120 valence electrons. The van der Waals surface area contributed by atoms with Gasteiger partial charge in [0.25, 0.3) is 0 Å². The number of Topliss-reactive ketones (excluding diaryl/α,β-unsaturated/α-hetero) is 2. The third-order valence-corrected chi connectivity index (χ3v) is 3.41. The minimum atomic E-state index is -0.983. The Morgan fingerprint density at radius 1 is 1.14 bits per heavy atom. The molecule has 21 heavy (non-hydrogen) atoms. The van der Waals surface area contributed by atoms with Crippen LogP contribution in [0.25, 0.3) is 0 Å². The van der Waals surface area contributed by atoms with E-state index in [1.54, 1.807) is 4.90 Å². The molecule has 1 heterocycles. The second-order valence-electron chi connectivity index (χ2n) is 6.37. The molecule has 0 aromatic heterocycles. The average Bonchev–Trinajstić information content (AvgIpc) is 2.37. The summed E-state index contributed by atoms with van der Waals surface area (Å²) >= 11 is 0. The molecule has 1 unspecified atom stereocenters. The van der Waals surface area contributed by atoms with Gasteiger partial charge >= 0.3 is 6.09 Å². The molecule has 1 atom stereocenters. The monoisotopic (exact) mass is 299 g/mol. The predicted molar refractivity (Wildman–Crippen MR) is 77.0 cm³/mol. The fourth-order valence-electron chi connectivity index (χ4n) is 2.37. The molecule has 0 N–H and O–H groups in total. The van der Waals surface area contributed by atoms with Crippen LogP contribution >= 0.6 is 0 Å². The molecule has 6 heteroatoms. The highest BCUT2D eigenvalue weighted by atomic mass is 16.6. The molecular formula is C15H25NO5. The fraction of sp³-hybridized carbons (Fsp3) is 0.800. The number of hydrogen-bond acceptors (Lipinski definition) is 5. The Kier molecular flexibility index (Phi) is 5.89. The first-order chi connectivity index (χ1) is 9.65. The van der Waals surface area contributed by atoms with Gasteiger partial charge in [0, 0.05) is 26.1 Å². The van der Waals surface area contributed by atoms with Crippen LogP contribution in [0, 0.1) is 5.92 Å². The van der Waals surface area contributed by atoms with E-state index in [4.69, 9.17) is 9.47 Å².